The Morgan fingerprint density at radius 1 is 0.853 bits per heavy atom. The molecular formula is C26H23ClN4O3. The molecule has 0 unspecified atom stereocenters. The van der Waals surface area contributed by atoms with Crippen molar-refractivity contribution in [2.45, 2.75) is 6.61 Å². The van der Waals surface area contributed by atoms with Crippen molar-refractivity contribution in [3.8, 4) is 5.75 Å². The van der Waals surface area contributed by atoms with E-state index in [1.807, 2.05) is 47.1 Å². The molecule has 172 valence electrons. The van der Waals surface area contributed by atoms with Crippen LogP contribution in [-0.2, 0) is 6.61 Å². The Bertz CT molecular complexity index is 1290. The smallest absolute Gasteiger partial charge is 0.254 e. The normalized spacial score (nSPS) is 13.8. The number of benzene rings is 2. The number of hydrogen-bond donors (Lipinski definition) is 0. The van der Waals surface area contributed by atoms with Gasteiger partial charge in [-0.1, -0.05) is 23.7 Å². The van der Waals surface area contributed by atoms with E-state index in [1.54, 1.807) is 46.2 Å². The van der Waals surface area contributed by atoms with Gasteiger partial charge in [0.25, 0.3) is 11.8 Å². The molecule has 2 amide bonds. The number of carbonyl (C=O) groups excluding carboxylic acids is 2. The third kappa shape index (κ3) is 4.75. The fraction of sp³-hybridized carbons (Fsp3) is 0.192. The molecule has 1 saturated heterocycles. The number of carbonyl (C=O) groups is 2. The van der Waals surface area contributed by atoms with E-state index in [4.69, 9.17) is 16.3 Å². The number of halogens is 1. The Morgan fingerprint density at radius 3 is 2.26 bits per heavy atom. The van der Waals surface area contributed by atoms with Gasteiger partial charge in [-0.05, 0) is 54.6 Å². The second-order valence-electron chi connectivity index (χ2n) is 8.11. The number of rotatable bonds is 5. The van der Waals surface area contributed by atoms with E-state index in [0.29, 0.717) is 54.7 Å². The van der Waals surface area contributed by atoms with Crippen molar-refractivity contribution < 1.29 is 14.3 Å². The van der Waals surface area contributed by atoms with E-state index in [-0.39, 0.29) is 11.8 Å². The minimum Gasteiger partial charge on any atom is -0.487 e. The van der Waals surface area contributed by atoms with Crippen LogP contribution in [-0.4, -0.2) is 57.2 Å². The first-order valence-corrected chi connectivity index (χ1v) is 11.4. The maximum Gasteiger partial charge on any atom is 0.254 e. The second kappa shape index (κ2) is 9.57. The van der Waals surface area contributed by atoms with Gasteiger partial charge in [-0.3, -0.25) is 9.59 Å². The highest BCUT2D eigenvalue weighted by Crippen LogP contribution is 2.19. The second-order valence-corrected chi connectivity index (χ2v) is 8.54. The Kier molecular flexibility index (Phi) is 6.18. The van der Waals surface area contributed by atoms with Crippen LogP contribution < -0.4 is 4.74 Å². The summed E-state index contributed by atoms with van der Waals surface area (Å²) in [6.45, 7) is 2.23. The molecule has 2 aromatic heterocycles. The Labute approximate surface area is 202 Å². The van der Waals surface area contributed by atoms with Crippen LogP contribution in [0.25, 0.3) is 5.65 Å². The minimum atomic E-state index is -0.0724. The molecular weight excluding hydrogens is 452 g/mol. The zero-order valence-corrected chi connectivity index (χ0v) is 19.2. The molecule has 34 heavy (non-hydrogen) atoms. The summed E-state index contributed by atoms with van der Waals surface area (Å²) in [5.74, 6) is 0.488. The predicted octanol–water partition coefficient (Wildman–Crippen LogP) is 4.16. The quantitative estimate of drug-likeness (QED) is 0.435. The first kappa shape index (κ1) is 22.0. The lowest BCUT2D eigenvalue weighted by atomic mass is 10.1. The molecule has 5 rings (SSSR count). The van der Waals surface area contributed by atoms with Crippen molar-refractivity contribution in [2.24, 2.45) is 0 Å². The Morgan fingerprint density at radius 2 is 1.56 bits per heavy atom. The highest BCUT2D eigenvalue weighted by Gasteiger charge is 2.25. The number of fused-ring (bicyclic) bond motifs is 1. The summed E-state index contributed by atoms with van der Waals surface area (Å²) in [4.78, 5) is 33.8. The van der Waals surface area contributed by atoms with Gasteiger partial charge in [0, 0.05) is 54.7 Å². The van der Waals surface area contributed by atoms with E-state index in [9.17, 15) is 9.59 Å². The minimum absolute atomic E-state index is 0.0499. The van der Waals surface area contributed by atoms with Crippen LogP contribution in [0, 0.1) is 0 Å². The number of amides is 2. The number of hydrogen-bond acceptors (Lipinski definition) is 4. The van der Waals surface area contributed by atoms with Gasteiger partial charge in [0.1, 0.15) is 18.0 Å². The van der Waals surface area contributed by atoms with Crippen LogP contribution in [0.3, 0.4) is 0 Å². The van der Waals surface area contributed by atoms with Gasteiger partial charge in [-0.2, -0.15) is 0 Å². The van der Waals surface area contributed by atoms with Crippen molar-refractivity contribution in [1.29, 1.82) is 0 Å². The van der Waals surface area contributed by atoms with E-state index in [1.165, 1.54) is 0 Å². The van der Waals surface area contributed by atoms with Crippen LogP contribution in [0.5, 0.6) is 5.75 Å². The van der Waals surface area contributed by atoms with Gasteiger partial charge < -0.3 is 18.9 Å². The number of imidazole rings is 1. The lowest BCUT2D eigenvalue weighted by molar-refractivity contribution is 0.0535. The zero-order chi connectivity index (χ0) is 23.5. The SMILES string of the molecule is O=C(c1ccc(Cl)cc1)N1CCN(C(=O)c2cccc(OCc3cn4ccccc4n3)c2)CC1. The third-order valence-corrected chi connectivity index (χ3v) is 6.08. The van der Waals surface area contributed by atoms with E-state index in [0.717, 1.165) is 11.3 Å². The molecule has 2 aromatic carbocycles. The lowest BCUT2D eigenvalue weighted by Gasteiger charge is -2.35. The molecule has 3 heterocycles. The first-order valence-electron chi connectivity index (χ1n) is 11.1. The Balaban J connectivity index is 1.18. The largest absolute Gasteiger partial charge is 0.487 e. The molecule has 7 nitrogen and oxygen atoms in total. The predicted molar refractivity (Wildman–Crippen MR) is 129 cm³/mol. The van der Waals surface area contributed by atoms with Crippen molar-refractivity contribution in [2.75, 3.05) is 26.2 Å². The molecule has 0 saturated carbocycles. The van der Waals surface area contributed by atoms with Crippen molar-refractivity contribution in [3.63, 3.8) is 0 Å². The summed E-state index contributed by atoms with van der Waals surface area (Å²) in [6.07, 6.45) is 3.86. The molecule has 0 spiro atoms. The fourth-order valence-corrected chi connectivity index (χ4v) is 4.13. The molecule has 1 fully saturated rings. The summed E-state index contributed by atoms with van der Waals surface area (Å²) in [5, 5.41) is 0.594. The molecule has 8 heteroatoms. The fourth-order valence-electron chi connectivity index (χ4n) is 4.00. The number of pyridine rings is 1. The van der Waals surface area contributed by atoms with Gasteiger partial charge in [-0.25, -0.2) is 4.98 Å². The van der Waals surface area contributed by atoms with E-state index in [2.05, 4.69) is 4.98 Å². The van der Waals surface area contributed by atoms with Crippen LogP contribution >= 0.6 is 11.6 Å². The van der Waals surface area contributed by atoms with Crippen LogP contribution in [0.15, 0.2) is 79.1 Å². The molecule has 0 radical (unpaired) electrons. The summed E-state index contributed by atoms with van der Waals surface area (Å²) in [7, 11) is 0. The molecule has 0 atom stereocenters. The van der Waals surface area contributed by atoms with Crippen LogP contribution in [0.4, 0.5) is 0 Å². The van der Waals surface area contributed by atoms with Crippen LogP contribution in [0.2, 0.25) is 5.02 Å². The number of piperazine rings is 1. The molecule has 0 bridgehead atoms. The average Bonchev–Trinajstić information content (AvgIpc) is 3.30. The topological polar surface area (TPSA) is 67.2 Å². The standard InChI is InChI=1S/C26H23ClN4O3/c27-21-9-7-19(8-10-21)25(32)29-12-14-30(15-13-29)26(33)20-4-3-5-23(16-20)34-18-22-17-31-11-2-1-6-24(31)28-22/h1-11,16-17H,12-15,18H2. The van der Waals surface area contributed by atoms with Gasteiger partial charge in [0.05, 0.1) is 5.69 Å². The van der Waals surface area contributed by atoms with Gasteiger partial charge in [0.15, 0.2) is 0 Å². The van der Waals surface area contributed by atoms with Crippen molar-refractivity contribution in [1.82, 2.24) is 19.2 Å². The Hall–Kier alpha value is -3.84. The first-order chi connectivity index (χ1) is 16.6. The lowest BCUT2D eigenvalue weighted by Crippen LogP contribution is -2.50. The maximum atomic E-state index is 13.1. The molecule has 0 aliphatic carbocycles. The van der Waals surface area contributed by atoms with E-state index < -0.39 is 0 Å². The van der Waals surface area contributed by atoms with Crippen molar-refractivity contribution >= 4 is 29.1 Å². The number of aromatic nitrogens is 2. The van der Waals surface area contributed by atoms with Crippen molar-refractivity contribution in [3.05, 3.63) is 101 Å². The van der Waals surface area contributed by atoms with Gasteiger partial charge >= 0.3 is 0 Å². The monoisotopic (exact) mass is 474 g/mol. The van der Waals surface area contributed by atoms with Gasteiger partial charge in [0.2, 0.25) is 0 Å². The number of ether oxygens (including phenoxy) is 1. The molecule has 4 aromatic rings. The third-order valence-electron chi connectivity index (χ3n) is 5.83. The van der Waals surface area contributed by atoms with Crippen LogP contribution in [0.1, 0.15) is 26.4 Å². The molecule has 1 aliphatic heterocycles. The van der Waals surface area contributed by atoms with E-state index >= 15 is 0 Å². The highest BCUT2D eigenvalue weighted by molar-refractivity contribution is 6.30. The maximum absolute atomic E-state index is 13.1. The molecule has 1 aliphatic rings. The summed E-state index contributed by atoms with van der Waals surface area (Å²) in [5.41, 5.74) is 2.83. The highest BCUT2D eigenvalue weighted by atomic mass is 35.5. The summed E-state index contributed by atoms with van der Waals surface area (Å²) >= 11 is 5.91. The average molecular weight is 475 g/mol. The van der Waals surface area contributed by atoms with Gasteiger partial charge in [-0.15, -0.1) is 0 Å². The zero-order valence-electron chi connectivity index (χ0n) is 18.4. The summed E-state index contributed by atoms with van der Waals surface area (Å²) in [6, 6.07) is 19.9. The molecule has 0 N–H and O–H groups in total. The number of nitrogens with zero attached hydrogens (tertiary/aromatic N) is 4. The summed E-state index contributed by atoms with van der Waals surface area (Å²) < 4.78 is 7.84.